The SMILES string of the molecule is CCc1cc(Cc2cc(C)c(N3C(=O)C4C5C=CC(C5)C4C3=O)c(CC)c2)cc(C)c1N1C(=O)C2C3C=CC(C3)C2C1=O. The Kier molecular flexibility index (Phi) is 5.83. The van der Waals surface area contributed by atoms with Gasteiger partial charge in [0.15, 0.2) is 0 Å². The van der Waals surface area contributed by atoms with E-state index in [-0.39, 0.29) is 71.0 Å². The predicted molar refractivity (Wildman–Crippen MR) is 164 cm³/mol. The van der Waals surface area contributed by atoms with Gasteiger partial charge in [0.1, 0.15) is 0 Å². The summed E-state index contributed by atoms with van der Waals surface area (Å²) in [5.74, 6) is -0.191. The third-order valence-corrected chi connectivity index (χ3v) is 11.4. The van der Waals surface area contributed by atoms with Crippen LogP contribution in [0.2, 0.25) is 0 Å². The number of allylic oxidation sites excluding steroid dienone is 4. The van der Waals surface area contributed by atoms with Crippen LogP contribution in [0.1, 0.15) is 60.1 Å². The molecular weight excluding hydrogens is 536 g/mol. The Bertz CT molecular complexity index is 1520. The predicted octanol–water partition coefficient (Wildman–Crippen LogP) is 5.64. The fourth-order valence-corrected chi connectivity index (χ4v) is 9.73. The van der Waals surface area contributed by atoms with Crippen molar-refractivity contribution in [3.63, 3.8) is 0 Å². The Morgan fingerprint density at radius 1 is 0.558 bits per heavy atom. The molecule has 2 aromatic carbocycles. The topological polar surface area (TPSA) is 74.8 Å². The molecule has 4 bridgehead atoms. The first kappa shape index (κ1) is 26.8. The van der Waals surface area contributed by atoms with Crippen molar-refractivity contribution in [1.29, 1.82) is 0 Å². The summed E-state index contributed by atoms with van der Waals surface area (Å²) in [6, 6.07) is 8.52. The number of benzene rings is 2. The molecule has 2 saturated heterocycles. The first-order chi connectivity index (χ1) is 20.7. The summed E-state index contributed by atoms with van der Waals surface area (Å²) in [5, 5.41) is 0. The second-order valence-electron chi connectivity index (χ2n) is 13.7. The molecule has 220 valence electrons. The van der Waals surface area contributed by atoms with E-state index in [9.17, 15) is 19.2 Å². The van der Waals surface area contributed by atoms with Crippen LogP contribution in [0.4, 0.5) is 11.4 Å². The van der Waals surface area contributed by atoms with Crippen LogP contribution in [-0.4, -0.2) is 23.6 Å². The van der Waals surface area contributed by atoms with Crippen molar-refractivity contribution < 1.29 is 19.2 Å². The first-order valence-electron chi connectivity index (χ1n) is 16.1. The summed E-state index contributed by atoms with van der Waals surface area (Å²) < 4.78 is 0. The highest BCUT2D eigenvalue weighted by atomic mass is 16.2. The molecule has 43 heavy (non-hydrogen) atoms. The summed E-state index contributed by atoms with van der Waals surface area (Å²) in [7, 11) is 0. The number of nitrogens with zero attached hydrogens (tertiary/aromatic N) is 2. The maximum atomic E-state index is 13.6. The normalized spacial score (nSPS) is 33.1. The van der Waals surface area contributed by atoms with E-state index in [0.29, 0.717) is 6.42 Å². The summed E-state index contributed by atoms with van der Waals surface area (Å²) in [5.41, 5.74) is 7.73. The molecule has 6 heteroatoms. The average molecular weight is 575 g/mol. The number of rotatable bonds is 6. The van der Waals surface area contributed by atoms with Gasteiger partial charge in [-0.25, -0.2) is 9.80 Å². The van der Waals surface area contributed by atoms with E-state index >= 15 is 0 Å². The van der Waals surface area contributed by atoms with Gasteiger partial charge < -0.3 is 0 Å². The van der Waals surface area contributed by atoms with Crippen molar-refractivity contribution >= 4 is 35.0 Å². The van der Waals surface area contributed by atoms with Crippen LogP contribution in [0.15, 0.2) is 48.6 Å². The number of anilines is 2. The monoisotopic (exact) mass is 574 g/mol. The molecule has 8 rings (SSSR count). The molecular formula is C37H38N2O4. The molecule has 4 fully saturated rings. The smallest absolute Gasteiger partial charge is 0.238 e. The third kappa shape index (κ3) is 3.58. The standard InChI is InChI=1S/C37H38N2O4/c1-5-22-14-20(11-18(3)32(22)38-34(40)28-24-7-8-25(16-24)29(28)35(38)41)13-21-12-19(4)33(23(6-2)15-21)39-36(42)30-26-9-10-27(17-26)31(30)37(39)43/h7-12,14-15,24-31H,5-6,13,16-17H2,1-4H3. The largest absolute Gasteiger partial charge is 0.274 e. The van der Waals surface area contributed by atoms with E-state index in [4.69, 9.17) is 0 Å². The third-order valence-electron chi connectivity index (χ3n) is 11.4. The van der Waals surface area contributed by atoms with Crippen molar-refractivity contribution in [2.45, 2.75) is 59.8 Å². The molecule has 6 aliphatic rings. The maximum Gasteiger partial charge on any atom is 0.238 e. The lowest BCUT2D eigenvalue weighted by atomic mass is 9.85. The van der Waals surface area contributed by atoms with Crippen LogP contribution in [-0.2, 0) is 38.4 Å². The quantitative estimate of drug-likeness (QED) is 0.331. The van der Waals surface area contributed by atoms with Crippen molar-refractivity contribution in [1.82, 2.24) is 0 Å². The van der Waals surface area contributed by atoms with Gasteiger partial charge in [0.25, 0.3) is 0 Å². The van der Waals surface area contributed by atoms with Crippen LogP contribution in [0.25, 0.3) is 0 Å². The van der Waals surface area contributed by atoms with Gasteiger partial charge in [-0.05, 0) is 103 Å². The van der Waals surface area contributed by atoms with Crippen LogP contribution < -0.4 is 9.80 Å². The number of hydrogen-bond acceptors (Lipinski definition) is 4. The summed E-state index contributed by atoms with van der Waals surface area (Å²) in [4.78, 5) is 57.4. The lowest BCUT2D eigenvalue weighted by Gasteiger charge is -2.24. The zero-order chi connectivity index (χ0) is 29.9. The number of hydrogen-bond donors (Lipinski definition) is 0. The number of imide groups is 2. The second kappa shape index (κ2) is 9.35. The highest BCUT2D eigenvalue weighted by Crippen LogP contribution is 2.55. The maximum absolute atomic E-state index is 13.6. The van der Waals surface area contributed by atoms with E-state index in [1.165, 1.54) is 9.80 Å². The zero-order valence-corrected chi connectivity index (χ0v) is 25.3. The zero-order valence-electron chi connectivity index (χ0n) is 25.3. The molecule has 8 unspecified atom stereocenters. The molecule has 0 spiro atoms. The lowest BCUT2D eigenvalue weighted by molar-refractivity contribution is -0.124. The molecule has 0 radical (unpaired) electrons. The minimum absolute atomic E-state index is 0.0323. The van der Waals surface area contributed by atoms with E-state index in [1.54, 1.807) is 0 Å². The Morgan fingerprint density at radius 2 is 0.884 bits per heavy atom. The highest BCUT2D eigenvalue weighted by molar-refractivity contribution is 6.24. The van der Waals surface area contributed by atoms with E-state index in [0.717, 1.165) is 70.4 Å². The van der Waals surface area contributed by atoms with Gasteiger partial charge in [-0.3, -0.25) is 19.2 Å². The number of aryl methyl sites for hydroxylation is 4. The van der Waals surface area contributed by atoms with Crippen LogP contribution in [0.5, 0.6) is 0 Å². The van der Waals surface area contributed by atoms with Crippen LogP contribution in [0.3, 0.4) is 0 Å². The van der Waals surface area contributed by atoms with Crippen LogP contribution >= 0.6 is 0 Å². The number of carbonyl (C=O) groups is 4. The highest BCUT2D eigenvalue weighted by Gasteiger charge is 2.61. The molecule has 4 amide bonds. The van der Waals surface area contributed by atoms with E-state index in [2.05, 4.69) is 62.4 Å². The van der Waals surface area contributed by atoms with E-state index < -0.39 is 0 Å². The molecule has 8 atom stereocenters. The molecule has 6 nitrogen and oxygen atoms in total. The number of carbonyl (C=O) groups excluding carboxylic acids is 4. The molecule has 0 aromatic heterocycles. The summed E-state index contributed by atoms with van der Waals surface area (Å²) >= 11 is 0. The Morgan fingerprint density at radius 3 is 1.19 bits per heavy atom. The lowest BCUT2D eigenvalue weighted by Crippen LogP contribution is -2.34. The Hall–Kier alpha value is -3.80. The van der Waals surface area contributed by atoms with Crippen LogP contribution in [0, 0.1) is 61.2 Å². The molecule has 2 saturated carbocycles. The first-order valence-corrected chi connectivity index (χ1v) is 16.1. The van der Waals surface area contributed by atoms with Crippen molar-refractivity contribution in [2.75, 3.05) is 9.80 Å². The summed E-state index contributed by atoms with van der Waals surface area (Å²) in [6.45, 7) is 8.17. The van der Waals surface area contributed by atoms with Gasteiger partial charge in [-0.15, -0.1) is 0 Å². The minimum Gasteiger partial charge on any atom is -0.274 e. The number of fused-ring (bicyclic) bond motifs is 10. The van der Waals surface area contributed by atoms with Crippen molar-refractivity contribution in [2.24, 2.45) is 47.3 Å². The Balaban J connectivity index is 1.10. The molecule has 4 aliphatic carbocycles. The van der Waals surface area contributed by atoms with Gasteiger partial charge in [-0.1, -0.05) is 62.4 Å². The number of amides is 4. The van der Waals surface area contributed by atoms with Crippen molar-refractivity contribution in [3.8, 4) is 0 Å². The minimum atomic E-state index is -0.208. The molecule has 2 heterocycles. The molecule has 2 aromatic rings. The second-order valence-corrected chi connectivity index (χ2v) is 13.7. The Labute approximate surface area is 252 Å². The van der Waals surface area contributed by atoms with Gasteiger partial charge in [0.2, 0.25) is 23.6 Å². The average Bonchev–Trinajstić information content (AvgIpc) is 3.83. The van der Waals surface area contributed by atoms with Gasteiger partial charge >= 0.3 is 0 Å². The van der Waals surface area contributed by atoms with Gasteiger partial charge in [-0.2, -0.15) is 0 Å². The summed E-state index contributed by atoms with van der Waals surface area (Å²) in [6.07, 6.45) is 12.5. The fourth-order valence-electron chi connectivity index (χ4n) is 9.73. The fraction of sp³-hybridized carbons (Fsp3) is 0.459. The van der Waals surface area contributed by atoms with E-state index in [1.807, 2.05) is 13.8 Å². The van der Waals surface area contributed by atoms with Gasteiger partial charge in [0.05, 0.1) is 35.0 Å². The van der Waals surface area contributed by atoms with Crippen molar-refractivity contribution in [3.05, 3.63) is 82.0 Å². The van der Waals surface area contributed by atoms with Gasteiger partial charge in [0, 0.05) is 0 Å². The molecule has 0 N–H and O–H groups in total. The molecule has 2 aliphatic heterocycles.